The Hall–Kier alpha value is -1.63. The van der Waals surface area contributed by atoms with Crippen LogP contribution in [0.2, 0.25) is 0 Å². The predicted octanol–water partition coefficient (Wildman–Crippen LogP) is 0.323. The molecule has 1 atom stereocenters. The zero-order valence-corrected chi connectivity index (χ0v) is 11.0. The van der Waals surface area contributed by atoms with Gasteiger partial charge in [0.2, 0.25) is 5.91 Å². The molecule has 6 nitrogen and oxygen atoms in total. The molecular formula is C11H16N4O2S. The molecule has 18 heavy (non-hydrogen) atoms. The summed E-state index contributed by atoms with van der Waals surface area (Å²) in [6.45, 7) is 1.12. The Balaban J connectivity index is 2.05. The summed E-state index contributed by atoms with van der Waals surface area (Å²) in [5.74, 6) is -0.273. The molecule has 3 N–H and O–H groups in total. The number of piperidine rings is 1. The maximum atomic E-state index is 12.2. The van der Waals surface area contributed by atoms with Crippen LogP contribution < -0.4 is 11.1 Å². The summed E-state index contributed by atoms with van der Waals surface area (Å²) < 4.78 is 0. The minimum Gasteiger partial charge on any atom is -0.375 e. The van der Waals surface area contributed by atoms with Crippen molar-refractivity contribution in [1.82, 2.24) is 15.2 Å². The smallest absolute Gasteiger partial charge is 0.273 e. The molecule has 1 aliphatic rings. The Kier molecular flexibility index (Phi) is 3.81. The zero-order chi connectivity index (χ0) is 13.1. The van der Waals surface area contributed by atoms with Gasteiger partial charge in [-0.25, -0.2) is 4.98 Å². The van der Waals surface area contributed by atoms with E-state index in [1.165, 1.54) is 11.3 Å². The molecule has 0 bridgehead atoms. The molecule has 1 aromatic rings. The van der Waals surface area contributed by atoms with Crippen molar-refractivity contribution in [3.05, 3.63) is 11.1 Å². The molecule has 0 aromatic carbocycles. The van der Waals surface area contributed by atoms with E-state index in [1.54, 1.807) is 17.3 Å². The fourth-order valence-electron chi connectivity index (χ4n) is 2.13. The number of nitrogens with one attached hydrogen (secondary N) is 1. The number of nitrogen functional groups attached to an aromatic ring is 1. The number of amides is 2. The van der Waals surface area contributed by atoms with Crippen molar-refractivity contribution in [2.45, 2.75) is 12.8 Å². The third kappa shape index (κ3) is 2.61. The van der Waals surface area contributed by atoms with Gasteiger partial charge in [-0.3, -0.25) is 9.59 Å². The molecule has 1 fully saturated rings. The van der Waals surface area contributed by atoms with E-state index >= 15 is 0 Å². The highest BCUT2D eigenvalue weighted by Gasteiger charge is 2.29. The monoisotopic (exact) mass is 268 g/mol. The molecule has 7 heteroatoms. The van der Waals surface area contributed by atoms with Crippen LogP contribution in [0.3, 0.4) is 0 Å². The van der Waals surface area contributed by atoms with Gasteiger partial charge in [0.25, 0.3) is 5.91 Å². The van der Waals surface area contributed by atoms with Crippen molar-refractivity contribution in [3.8, 4) is 0 Å². The normalized spacial score (nSPS) is 19.6. The van der Waals surface area contributed by atoms with Gasteiger partial charge in [-0.15, -0.1) is 11.3 Å². The number of hydrogen-bond acceptors (Lipinski definition) is 5. The Labute approximate surface area is 109 Å². The zero-order valence-electron chi connectivity index (χ0n) is 10.2. The van der Waals surface area contributed by atoms with E-state index < -0.39 is 0 Å². The van der Waals surface area contributed by atoms with Gasteiger partial charge in [0.05, 0.1) is 5.92 Å². The largest absolute Gasteiger partial charge is 0.375 e. The molecule has 0 saturated carbocycles. The second-order valence-corrected chi connectivity index (χ2v) is 5.17. The number of aromatic nitrogens is 1. The van der Waals surface area contributed by atoms with Crippen molar-refractivity contribution in [1.29, 1.82) is 0 Å². The molecule has 1 unspecified atom stereocenters. The second kappa shape index (κ2) is 5.34. The quantitative estimate of drug-likeness (QED) is 0.808. The molecule has 0 radical (unpaired) electrons. The molecule has 0 spiro atoms. The lowest BCUT2D eigenvalue weighted by Gasteiger charge is -2.31. The molecular weight excluding hydrogens is 252 g/mol. The number of nitrogens with two attached hydrogens (primary N) is 1. The summed E-state index contributed by atoms with van der Waals surface area (Å²) in [5.41, 5.74) is 5.89. The van der Waals surface area contributed by atoms with Crippen LogP contribution in [0.5, 0.6) is 0 Å². The highest BCUT2D eigenvalue weighted by molar-refractivity contribution is 7.13. The van der Waals surface area contributed by atoms with Crippen LogP contribution in [0, 0.1) is 5.92 Å². The molecule has 2 rings (SSSR count). The first-order valence-corrected chi connectivity index (χ1v) is 6.71. The first-order chi connectivity index (χ1) is 8.61. The number of anilines is 1. The molecule has 1 aliphatic heterocycles. The van der Waals surface area contributed by atoms with Crippen molar-refractivity contribution >= 4 is 28.3 Å². The Bertz CT molecular complexity index is 460. The minimum absolute atomic E-state index is 0.00899. The van der Waals surface area contributed by atoms with Crippen molar-refractivity contribution in [2.75, 3.05) is 25.9 Å². The third-order valence-corrected chi connectivity index (χ3v) is 3.74. The van der Waals surface area contributed by atoms with Crippen molar-refractivity contribution in [2.24, 2.45) is 5.92 Å². The van der Waals surface area contributed by atoms with E-state index in [9.17, 15) is 9.59 Å². The molecule has 2 amide bonds. The van der Waals surface area contributed by atoms with Crippen molar-refractivity contribution < 1.29 is 9.59 Å². The molecule has 0 aliphatic carbocycles. The lowest BCUT2D eigenvalue weighted by molar-refractivity contribution is -0.125. The van der Waals surface area contributed by atoms with E-state index in [0.29, 0.717) is 23.9 Å². The molecule has 1 saturated heterocycles. The van der Waals surface area contributed by atoms with E-state index in [4.69, 9.17) is 5.73 Å². The first-order valence-electron chi connectivity index (χ1n) is 5.83. The number of carbonyl (C=O) groups is 2. The highest BCUT2D eigenvalue weighted by Crippen LogP contribution is 2.20. The maximum Gasteiger partial charge on any atom is 0.273 e. The summed E-state index contributed by atoms with van der Waals surface area (Å²) in [6, 6.07) is 0. The van der Waals surface area contributed by atoms with Crippen LogP contribution in [0.4, 0.5) is 5.13 Å². The standard InChI is InChI=1S/C11H16N4O2S/c1-13-9(16)7-3-2-4-15(5-7)10(17)8-6-18-11(12)14-8/h6-7H,2-5H2,1H3,(H2,12,14)(H,13,16). The Morgan fingerprint density at radius 2 is 2.39 bits per heavy atom. The van der Waals surface area contributed by atoms with Crippen LogP contribution in [0.25, 0.3) is 0 Å². The number of thiazole rings is 1. The SMILES string of the molecule is CNC(=O)C1CCCN(C(=O)c2csc(N)n2)C1. The maximum absolute atomic E-state index is 12.2. The van der Waals surface area contributed by atoms with Gasteiger partial charge in [-0.05, 0) is 12.8 Å². The topological polar surface area (TPSA) is 88.3 Å². The van der Waals surface area contributed by atoms with Crippen LogP contribution in [0.15, 0.2) is 5.38 Å². The van der Waals surface area contributed by atoms with E-state index in [0.717, 1.165) is 12.8 Å². The number of hydrogen-bond donors (Lipinski definition) is 2. The number of likely N-dealkylation sites (tertiary alicyclic amines) is 1. The number of carbonyl (C=O) groups excluding carboxylic acids is 2. The van der Waals surface area contributed by atoms with Gasteiger partial charge >= 0.3 is 0 Å². The van der Waals surface area contributed by atoms with Crippen molar-refractivity contribution in [3.63, 3.8) is 0 Å². The molecule has 2 heterocycles. The van der Waals surface area contributed by atoms with Gasteiger partial charge in [-0.2, -0.15) is 0 Å². The van der Waals surface area contributed by atoms with E-state index in [1.807, 2.05) is 0 Å². The van der Waals surface area contributed by atoms with Gasteiger partial charge < -0.3 is 16.0 Å². The average molecular weight is 268 g/mol. The average Bonchev–Trinajstić information content (AvgIpc) is 2.83. The highest BCUT2D eigenvalue weighted by atomic mass is 32.1. The number of nitrogens with zero attached hydrogens (tertiary/aromatic N) is 2. The lowest BCUT2D eigenvalue weighted by atomic mass is 9.97. The van der Waals surface area contributed by atoms with Gasteiger partial charge in [0.15, 0.2) is 5.13 Å². The minimum atomic E-state index is -0.142. The van der Waals surface area contributed by atoms with Gasteiger partial charge in [0.1, 0.15) is 5.69 Å². The molecule has 98 valence electrons. The predicted molar refractivity (Wildman–Crippen MR) is 69.2 cm³/mol. The van der Waals surface area contributed by atoms with Crippen LogP contribution in [-0.4, -0.2) is 41.8 Å². The summed E-state index contributed by atoms with van der Waals surface area (Å²) in [4.78, 5) is 29.4. The first kappa shape index (κ1) is 12.8. The third-order valence-electron chi connectivity index (χ3n) is 3.07. The van der Waals surface area contributed by atoms with Gasteiger partial charge in [-0.1, -0.05) is 0 Å². The van der Waals surface area contributed by atoms with E-state index in [-0.39, 0.29) is 17.7 Å². The van der Waals surface area contributed by atoms with Crippen LogP contribution in [0.1, 0.15) is 23.3 Å². The second-order valence-electron chi connectivity index (χ2n) is 4.28. The Morgan fingerprint density at radius 1 is 1.61 bits per heavy atom. The Morgan fingerprint density at radius 3 is 3.00 bits per heavy atom. The lowest BCUT2D eigenvalue weighted by Crippen LogP contribution is -2.44. The summed E-state index contributed by atoms with van der Waals surface area (Å²) >= 11 is 1.25. The summed E-state index contributed by atoms with van der Waals surface area (Å²) in [6.07, 6.45) is 1.66. The fraction of sp³-hybridized carbons (Fsp3) is 0.545. The van der Waals surface area contributed by atoms with Crippen LogP contribution in [-0.2, 0) is 4.79 Å². The fourth-order valence-corrected chi connectivity index (χ4v) is 2.66. The van der Waals surface area contributed by atoms with E-state index in [2.05, 4.69) is 10.3 Å². The summed E-state index contributed by atoms with van der Waals surface area (Å²) in [5, 5.41) is 4.67. The molecule has 1 aromatic heterocycles. The van der Waals surface area contributed by atoms with Gasteiger partial charge in [0, 0.05) is 25.5 Å². The van der Waals surface area contributed by atoms with Crippen LogP contribution >= 0.6 is 11.3 Å². The summed E-state index contributed by atoms with van der Waals surface area (Å²) in [7, 11) is 1.62. The number of rotatable bonds is 2.